The molecule has 0 radical (unpaired) electrons. The summed E-state index contributed by atoms with van der Waals surface area (Å²) in [5, 5.41) is 16.8. The molecule has 0 aliphatic rings. The maximum absolute atomic E-state index is 13.8. The van der Waals surface area contributed by atoms with Gasteiger partial charge in [0.2, 0.25) is 5.69 Å². The fraction of sp³-hybridized carbons (Fsp3) is 0.0667. The number of anilines is 1. The van der Waals surface area contributed by atoms with Crippen LogP contribution in [0, 0.1) is 0 Å². The Hall–Kier alpha value is -5.23. The van der Waals surface area contributed by atoms with Gasteiger partial charge in [0.1, 0.15) is 15.5 Å². The minimum atomic E-state index is -4.50. The van der Waals surface area contributed by atoms with Crippen molar-refractivity contribution in [3.05, 3.63) is 101 Å². The van der Waals surface area contributed by atoms with Gasteiger partial charge in [-0.15, -0.1) is 11.3 Å². The van der Waals surface area contributed by atoms with Crippen LogP contribution in [0.4, 0.5) is 18.9 Å². The van der Waals surface area contributed by atoms with Crippen LogP contribution < -0.4 is 20.3 Å². The predicted molar refractivity (Wildman–Crippen MR) is 147 cm³/mol. The highest BCUT2D eigenvalue weighted by atomic mass is 32.1. The van der Waals surface area contributed by atoms with E-state index < -0.39 is 23.5 Å². The smallest absolute Gasteiger partial charge is 0.416 e. The number of ketones is 1. The first-order valence-electron chi connectivity index (χ1n) is 12.4. The summed E-state index contributed by atoms with van der Waals surface area (Å²) in [5.41, 5.74) is 7.98. The van der Waals surface area contributed by atoms with Gasteiger partial charge < -0.3 is 20.1 Å². The molecule has 0 saturated carbocycles. The number of rotatable bonds is 6. The second-order valence-corrected chi connectivity index (χ2v) is 10.2. The van der Waals surface area contributed by atoms with E-state index in [0.29, 0.717) is 38.5 Å². The molecule has 3 aromatic carbocycles. The van der Waals surface area contributed by atoms with Gasteiger partial charge >= 0.3 is 11.9 Å². The average molecular weight is 589 g/mol. The number of alkyl halides is 3. The number of fused-ring (bicyclic) bond motifs is 1. The highest BCUT2D eigenvalue weighted by Crippen LogP contribution is 2.43. The topological polar surface area (TPSA) is 118 Å². The Labute approximate surface area is 240 Å². The molecule has 0 bridgehead atoms. The quantitative estimate of drug-likeness (QED) is 0.193. The Bertz CT molecular complexity index is 1930. The van der Waals surface area contributed by atoms with Crippen LogP contribution in [0.1, 0.15) is 20.9 Å². The van der Waals surface area contributed by atoms with Crippen LogP contribution in [0.5, 0.6) is 11.7 Å². The number of nitrogen functional groups attached to an aromatic ring is 1. The number of halogens is 3. The molecule has 6 rings (SSSR count). The lowest BCUT2D eigenvalue weighted by molar-refractivity contribution is -0.672. The third-order valence-electron chi connectivity index (χ3n) is 6.64. The Morgan fingerprint density at radius 2 is 1.69 bits per heavy atom. The van der Waals surface area contributed by atoms with Gasteiger partial charge in [-0.05, 0) is 46.1 Å². The van der Waals surface area contributed by atoms with Gasteiger partial charge in [0, 0.05) is 23.1 Å². The molecule has 2 N–H and O–H groups in total. The molecule has 3 aromatic heterocycles. The summed E-state index contributed by atoms with van der Waals surface area (Å²) >= 11 is 0.967. The molecular weight excluding hydrogens is 569 g/mol. The van der Waals surface area contributed by atoms with Crippen LogP contribution in [-0.2, 0) is 6.18 Å². The zero-order chi connectivity index (χ0) is 29.6. The van der Waals surface area contributed by atoms with Crippen molar-refractivity contribution in [2.75, 3.05) is 12.8 Å². The number of carbonyl (C=O) groups excluding carboxylic acids is 1. The Kier molecular flexibility index (Phi) is 6.62. The molecule has 0 unspecified atom stereocenters. The van der Waals surface area contributed by atoms with E-state index in [1.54, 1.807) is 30.3 Å². The molecule has 12 heteroatoms. The van der Waals surface area contributed by atoms with Gasteiger partial charge in [0.15, 0.2) is 5.95 Å². The van der Waals surface area contributed by atoms with E-state index in [4.69, 9.17) is 20.0 Å². The molecule has 0 aliphatic carbocycles. The van der Waals surface area contributed by atoms with Crippen LogP contribution in [0.3, 0.4) is 0 Å². The second-order valence-electron chi connectivity index (χ2n) is 9.17. The van der Waals surface area contributed by atoms with Crippen LogP contribution in [0.2, 0.25) is 0 Å². The molecule has 6 aromatic rings. The van der Waals surface area contributed by atoms with Gasteiger partial charge in [-0.1, -0.05) is 42.5 Å². The minimum Gasteiger partial charge on any atom is -0.539 e. The van der Waals surface area contributed by atoms with E-state index in [1.807, 2.05) is 30.3 Å². The maximum Gasteiger partial charge on any atom is 0.416 e. The zero-order valence-electron chi connectivity index (χ0n) is 21.7. The third-order valence-corrected chi connectivity index (χ3v) is 7.74. The molecule has 8 nitrogen and oxygen atoms in total. The molecule has 0 atom stereocenters. The monoisotopic (exact) mass is 588 g/mol. The number of ether oxygens (including phenoxy) is 1. The van der Waals surface area contributed by atoms with Crippen LogP contribution in [-0.4, -0.2) is 23.1 Å². The van der Waals surface area contributed by atoms with Gasteiger partial charge in [0.05, 0.1) is 29.3 Å². The number of nitrogens with two attached hydrogens (primary N) is 1. The van der Waals surface area contributed by atoms with E-state index in [0.717, 1.165) is 33.7 Å². The largest absolute Gasteiger partial charge is 0.539 e. The summed E-state index contributed by atoms with van der Waals surface area (Å²) in [4.78, 5) is 18.9. The molecule has 0 aliphatic heterocycles. The van der Waals surface area contributed by atoms with Crippen molar-refractivity contribution in [1.29, 1.82) is 0 Å². The summed E-state index contributed by atoms with van der Waals surface area (Å²) < 4.78 is 50.9. The number of nitrogens with zero attached hydrogens (tertiary/aromatic N) is 3. The standard InChI is InChI=1S/C30H19F3N4O4S/c1-40-20-13-11-19(12-14-20)37-25(29(39)41-36-37)26(38)27-24(34)23-21(16-7-9-18(10-8-16)30(31,32)33)15-22(35-28(23)42-27)17-5-3-2-4-6-17/h2-15H,1H3,(H2-,34,36,38,39). The van der Waals surface area contributed by atoms with Crippen LogP contribution >= 0.6 is 11.3 Å². The normalized spacial score (nSPS) is 11.6. The van der Waals surface area contributed by atoms with Crippen molar-refractivity contribution in [2.24, 2.45) is 0 Å². The van der Waals surface area contributed by atoms with Gasteiger partial charge in [-0.3, -0.25) is 4.79 Å². The number of carbonyl (C=O) groups is 1. The van der Waals surface area contributed by atoms with E-state index in [9.17, 15) is 23.1 Å². The SMILES string of the molecule is COc1ccc(-[n+]2noc([O-])c2C(=O)c2sc3nc(-c4ccccc4)cc(-c4ccc(C(F)(F)F)cc4)c3c2N)cc1. The van der Waals surface area contributed by atoms with Gasteiger partial charge in [-0.2, -0.15) is 13.2 Å². The lowest BCUT2D eigenvalue weighted by atomic mass is 9.98. The first-order valence-corrected chi connectivity index (χ1v) is 13.2. The average Bonchev–Trinajstić information content (AvgIpc) is 3.56. The number of thiophene rings is 1. The summed E-state index contributed by atoms with van der Waals surface area (Å²) in [6, 6.07) is 22.0. The fourth-order valence-electron chi connectivity index (χ4n) is 4.56. The lowest BCUT2D eigenvalue weighted by Crippen LogP contribution is -2.39. The van der Waals surface area contributed by atoms with Crippen LogP contribution in [0.25, 0.3) is 38.3 Å². The Morgan fingerprint density at radius 1 is 1.00 bits per heavy atom. The number of benzene rings is 3. The molecular formula is C30H19F3N4O4S. The van der Waals surface area contributed by atoms with E-state index in [2.05, 4.69) is 5.27 Å². The predicted octanol–water partition coefficient (Wildman–Crippen LogP) is 5.81. The highest BCUT2D eigenvalue weighted by Gasteiger charge is 2.33. The molecule has 0 fully saturated rings. The minimum absolute atomic E-state index is 0.0124. The number of aromatic nitrogens is 3. The number of pyridine rings is 1. The van der Waals surface area contributed by atoms with Crippen LogP contribution in [0.15, 0.2) is 89.5 Å². The van der Waals surface area contributed by atoms with Gasteiger partial charge in [-0.25, -0.2) is 4.98 Å². The second kappa shape index (κ2) is 10.3. The molecule has 42 heavy (non-hydrogen) atoms. The highest BCUT2D eigenvalue weighted by molar-refractivity contribution is 7.21. The third kappa shape index (κ3) is 4.71. The number of methoxy groups -OCH3 is 1. The lowest BCUT2D eigenvalue weighted by Gasteiger charge is -2.11. The summed E-state index contributed by atoms with van der Waals surface area (Å²) in [6.45, 7) is 0. The van der Waals surface area contributed by atoms with Crippen molar-refractivity contribution >= 4 is 33.0 Å². The van der Waals surface area contributed by atoms with Crippen molar-refractivity contribution in [3.63, 3.8) is 0 Å². The zero-order valence-corrected chi connectivity index (χ0v) is 22.5. The molecule has 0 spiro atoms. The van der Waals surface area contributed by atoms with E-state index in [-0.39, 0.29) is 16.3 Å². The molecule has 0 saturated heterocycles. The maximum atomic E-state index is 13.8. The number of hydrogen-bond donors (Lipinski definition) is 1. The number of hydrogen-bond acceptors (Lipinski definition) is 8. The molecule has 3 heterocycles. The first kappa shape index (κ1) is 27.0. The summed E-state index contributed by atoms with van der Waals surface area (Å²) in [6.07, 6.45) is -4.50. The first-order chi connectivity index (χ1) is 20.2. The fourth-order valence-corrected chi connectivity index (χ4v) is 5.62. The molecule has 210 valence electrons. The van der Waals surface area contributed by atoms with E-state index >= 15 is 0 Å². The van der Waals surface area contributed by atoms with Crippen molar-refractivity contribution in [1.82, 2.24) is 10.3 Å². The summed E-state index contributed by atoms with van der Waals surface area (Å²) in [5.74, 6) is -1.14. The van der Waals surface area contributed by atoms with E-state index in [1.165, 1.54) is 19.2 Å². The Balaban J connectivity index is 1.53. The van der Waals surface area contributed by atoms with Crippen molar-refractivity contribution in [2.45, 2.75) is 6.18 Å². The van der Waals surface area contributed by atoms with Crippen molar-refractivity contribution < 1.29 is 37.0 Å². The van der Waals surface area contributed by atoms with Crippen molar-refractivity contribution in [3.8, 4) is 39.8 Å². The summed E-state index contributed by atoms with van der Waals surface area (Å²) in [7, 11) is 1.50. The molecule has 0 amide bonds. The Morgan fingerprint density at radius 3 is 2.33 bits per heavy atom. The van der Waals surface area contributed by atoms with Gasteiger partial charge in [0.25, 0.3) is 5.78 Å².